The third-order valence-corrected chi connectivity index (χ3v) is 6.07. The summed E-state index contributed by atoms with van der Waals surface area (Å²) < 4.78 is 5.40. The molecule has 0 spiro atoms. The van der Waals surface area contributed by atoms with Crippen LogP contribution in [0.15, 0.2) is 65.3 Å². The minimum atomic E-state index is -0.322. The Bertz CT molecular complexity index is 1170. The van der Waals surface area contributed by atoms with Crippen molar-refractivity contribution in [3.8, 4) is 0 Å². The summed E-state index contributed by atoms with van der Waals surface area (Å²) in [7, 11) is 0. The van der Waals surface area contributed by atoms with E-state index in [0.717, 1.165) is 11.1 Å². The van der Waals surface area contributed by atoms with E-state index in [1.54, 1.807) is 42.5 Å². The van der Waals surface area contributed by atoms with E-state index in [4.69, 9.17) is 16.0 Å². The molecule has 0 N–H and O–H groups in total. The van der Waals surface area contributed by atoms with Gasteiger partial charge in [-0.25, -0.2) is 0 Å². The number of benzene rings is 2. The normalized spacial score (nSPS) is 13.5. The van der Waals surface area contributed by atoms with Crippen molar-refractivity contribution in [3.63, 3.8) is 0 Å². The summed E-state index contributed by atoms with van der Waals surface area (Å²) in [6, 6.07) is 16.0. The lowest BCUT2D eigenvalue weighted by atomic mass is 10.1. The number of furan rings is 1. The van der Waals surface area contributed by atoms with Gasteiger partial charge in [-0.1, -0.05) is 35.4 Å². The number of rotatable bonds is 6. The Hall–Kier alpha value is -3.58. The third kappa shape index (κ3) is 4.93. The Morgan fingerprint density at radius 2 is 1.82 bits per heavy atom. The monoisotopic (exact) mass is 465 g/mol. The molecule has 170 valence electrons. The minimum Gasteiger partial charge on any atom is -0.467 e. The lowest BCUT2D eigenvalue weighted by Crippen LogP contribution is -2.42. The van der Waals surface area contributed by atoms with Gasteiger partial charge < -0.3 is 14.2 Å². The zero-order valence-corrected chi connectivity index (χ0v) is 19.2. The van der Waals surface area contributed by atoms with Crippen LogP contribution in [0, 0.1) is 13.8 Å². The second-order valence-corrected chi connectivity index (χ2v) is 8.45. The highest BCUT2D eigenvalue weighted by molar-refractivity contribution is 6.31. The highest BCUT2D eigenvalue weighted by Crippen LogP contribution is 2.28. The molecule has 2 heterocycles. The summed E-state index contributed by atoms with van der Waals surface area (Å²) in [5, 5.41) is 0.554. The molecule has 2 aromatic carbocycles. The standard InChI is InChI=1S/C25H24ClN3O4/c1-17-8-10-19(11-9-17)25(32)27(13-20-5-4-12-33-20)14-23(30)28-15-24(31)29(16-28)22-7-3-6-21(26)18(22)2/h3-12H,13-16H2,1-2H3. The average molecular weight is 466 g/mol. The second-order valence-electron chi connectivity index (χ2n) is 8.05. The number of carbonyl (C=O) groups is 3. The molecule has 0 atom stereocenters. The zero-order valence-electron chi connectivity index (χ0n) is 18.5. The number of hydrogen-bond acceptors (Lipinski definition) is 4. The Balaban J connectivity index is 1.51. The molecular formula is C25H24ClN3O4. The number of carbonyl (C=O) groups excluding carboxylic acids is 3. The smallest absolute Gasteiger partial charge is 0.254 e. The van der Waals surface area contributed by atoms with Crippen LogP contribution in [0.5, 0.6) is 0 Å². The van der Waals surface area contributed by atoms with Crippen LogP contribution >= 0.6 is 11.6 Å². The maximum Gasteiger partial charge on any atom is 0.254 e. The van der Waals surface area contributed by atoms with Gasteiger partial charge in [0.25, 0.3) is 5.91 Å². The summed E-state index contributed by atoms with van der Waals surface area (Å²) >= 11 is 6.21. The SMILES string of the molecule is Cc1ccc(C(=O)N(CC(=O)N2CC(=O)N(c3cccc(Cl)c3C)C2)Cc2ccco2)cc1. The Labute approximate surface area is 197 Å². The molecule has 4 rings (SSSR count). The molecule has 0 aliphatic carbocycles. The van der Waals surface area contributed by atoms with Crippen molar-refractivity contribution >= 4 is 35.0 Å². The van der Waals surface area contributed by atoms with E-state index in [0.29, 0.717) is 22.0 Å². The summed E-state index contributed by atoms with van der Waals surface area (Å²) in [5.74, 6) is -0.238. The van der Waals surface area contributed by atoms with Crippen molar-refractivity contribution in [1.82, 2.24) is 9.80 Å². The van der Waals surface area contributed by atoms with Crippen LogP contribution in [0.25, 0.3) is 0 Å². The topological polar surface area (TPSA) is 74.1 Å². The first-order valence-electron chi connectivity index (χ1n) is 10.5. The van der Waals surface area contributed by atoms with Gasteiger partial charge >= 0.3 is 0 Å². The summed E-state index contributed by atoms with van der Waals surface area (Å²) in [6.45, 7) is 3.79. The fourth-order valence-electron chi connectivity index (χ4n) is 3.75. The largest absolute Gasteiger partial charge is 0.467 e. The molecule has 8 heteroatoms. The van der Waals surface area contributed by atoms with E-state index in [1.807, 2.05) is 26.0 Å². The van der Waals surface area contributed by atoms with Crippen LogP contribution in [0.3, 0.4) is 0 Å². The van der Waals surface area contributed by atoms with Gasteiger partial charge in [0.2, 0.25) is 11.8 Å². The number of nitrogens with zero attached hydrogens (tertiary/aromatic N) is 3. The first-order chi connectivity index (χ1) is 15.8. The number of anilines is 1. The van der Waals surface area contributed by atoms with Crippen molar-refractivity contribution < 1.29 is 18.8 Å². The quantitative estimate of drug-likeness (QED) is 0.551. The number of hydrogen-bond donors (Lipinski definition) is 0. The van der Waals surface area contributed by atoms with E-state index in [2.05, 4.69) is 0 Å². The maximum atomic E-state index is 13.2. The van der Waals surface area contributed by atoms with Crippen molar-refractivity contribution in [2.75, 3.05) is 24.7 Å². The van der Waals surface area contributed by atoms with Gasteiger partial charge in [-0.05, 0) is 55.8 Å². The molecule has 1 aromatic heterocycles. The second kappa shape index (κ2) is 9.50. The van der Waals surface area contributed by atoms with Crippen molar-refractivity contribution in [1.29, 1.82) is 0 Å². The molecule has 0 unspecified atom stereocenters. The number of aryl methyl sites for hydroxylation is 1. The summed E-state index contributed by atoms with van der Waals surface area (Å²) in [5.41, 5.74) is 2.96. The van der Waals surface area contributed by atoms with E-state index >= 15 is 0 Å². The molecule has 0 bridgehead atoms. The summed E-state index contributed by atoms with van der Waals surface area (Å²) in [4.78, 5) is 43.4. The lowest BCUT2D eigenvalue weighted by Gasteiger charge is -2.25. The number of amides is 3. The molecule has 1 aliphatic rings. The third-order valence-electron chi connectivity index (χ3n) is 5.66. The van der Waals surface area contributed by atoms with Gasteiger partial charge in [-0.15, -0.1) is 0 Å². The molecule has 33 heavy (non-hydrogen) atoms. The van der Waals surface area contributed by atoms with E-state index in [9.17, 15) is 14.4 Å². The van der Waals surface area contributed by atoms with Crippen LogP contribution in [0.1, 0.15) is 27.2 Å². The Morgan fingerprint density at radius 1 is 1.06 bits per heavy atom. The predicted molar refractivity (Wildman–Crippen MR) is 125 cm³/mol. The molecule has 0 radical (unpaired) electrons. The van der Waals surface area contributed by atoms with Gasteiger partial charge in [0.1, 0.15) is 25.5 Å². The highest BCUT2D eigenvalue weighted by Gasteiger charge is 2.34. The van der Waals surface area contributed by atoms with Crippen LogP contribution in [0.2, 0.25) is 5.02 Å². The molecule has 3 amide bonds. The molecule has 1 fully saturated rings. The fraction of sp³-hybridized carbons (Fsp3) is 0.240. The zero-order chi connectivity index (χ0) is 23.5. The molecule has 1 aliphatic heterocycles. The first kappa shape index (κ1) is 22.6. The fourth-order valence-corrected chi connectivity index (χ4v) is 3.92. The highest BCUT2D eigenvalue weighted by atomic mass is 35.5. The van der Waals surface area contributed by atoms with Crippen molar-refractivity contribution in [3.05, 3.63) is 88.3 Å². The molecule has 7 nitrogen and oxygen atoms in total. The van der Waals surface area contributed by atoms with Gasteiger partial charge in [-0.3, -0.25) is 19.3 Å². The Morgan fingerprint density at radius 3 is 2.52 bits per heavy atom. The predicted octanol–water partition coefficient (Wildman–Crippen LogP) is 4.03. The van der Waals surface area contributed by atoms with Gasteiger partial charge in [-0.2, -0.15) is 0 Å². The van der Waals surface area contributed by atoms with E-state index in [1.165, 1.54) is 21.0 Å². The van der Waals surface area contributed by atoms with Gasteiger partial charge in [0.05, 0.1) is 12.8 Å². The van der Waals surface area contributed by atoms with Crippen molar-refractivity contribution in [2.45, 2.75) is 20.4 Å². The average Bonchev–Trinajstić information content (AvgIpc) is 3.45. The minimum absolute atomic E-state index is 0.0574. The summed E-state index contributed by atoms with van der Waals surface area (Å²) in [6.07, 6.45) is 1.52. The van der Waals surface area contributed by atoms with Crippen molar-refractivity contribution in [2.24, 2.45) is 0 Å². The Kier molecular flexibility index (Phi) is 6.51. The molecule has 3 aromatic rings. The first-order valence-corrected chi connectivity index (χ1v) is 10.9. The van der Waals surface area contributed by atoms with E-state index in [-0.39, 0.29) is 44.0 Å². The maximum absolute atomic E-state index is 13.2. The van der Waals surface area contributed by atoms with Gasteiger partial charge in [0.15, 0.2) is 0 Å². The molecular weight excluding hydrogens is 442 g/mol. The number of halogens is 1. The van der Waals surface area contributed by atoms with E-state index < -0.39 is 0 Å². The van der Waals surface area contributed by atoms with Crippen LogP contribution in [-0.2, 0) is 16.1 Å². The van der Waals surface area contributed by atoms with Crippen LogP contribution in [-0.4, -0.2) is 47.3 Å². The van der Waals surface area contributed by atoms with Gasteiger partial charge in [0, 0.05) is 16.3 Å². The van der Waals surface area contributed by atoms with Crippen LogP contribution in [0.4, 0.5) is 5.69 Å². The lowest BCUT2D eigenvalue weighted by molar-refractivity contribution is -0.132. The molecule has 0 saturated carbocycles. The molecule has 1 saturated heterocycles. The van der Waals surface area contributed by atoms with Crippen LogP contribution < -0.4 is 4.90 Å².